The number of nitrogens with zero attached hydrogens (tertiary/aromatic N) is 2. The van der Waals surface area contributed by atoms with Crippen LogP contribution in [0.1, 0.15) is 68.0 Å². The summed E-state index contributed by atoms with van der Waals surface area (Å²) in [5.74, 6) is -3.27. The van der Waals surface area contributed by atoms with Crippen LogP contribution in [-0.2, 0) is 62.8 Å². The second kappa shape index (κ2) is 19.7. The predicted octanol–water partition coefficient (Wildman–Crippen LogP) is 4.26. The Kier molecular flexibility index (Phi) is 16.7. The van der Waals surface area contributed by atoms with Gasteiger partial charge in [0.2, 0.25) is 13.6 Å². The number of nitrogens with one attached hydrogen (secondary N) is 1. The number of ether oxygens (including phenoxy) is 7. The van der Waals surface area contributed by atoms with Gasteiger partial charge in [0.1, 0.15) is 29.3 Å². The molecule has 4 atom stereocenters. The molecule has 1 aromatic rings. The highest BCUT2D eigenvalue weighted by Gasteiger charge is 2.50. The molecule has 53 heavy (non-hydrogen) atoms. The van der Waals surface area contributed by atoms with Gasteiger partial charge in [-0.15, -0.1) is 0 Å². The summed E-state index contributed by atoms with van der Waals surface area (Å²) in [4.78, 5) is 74.6. The molecular formula is C31H47FN3O17P. The fraction of sp³-hybridized carbons (Fsp3) is 0.677. The number of esters is 1. The molecule has 0 aromatic carbocycles. The molecule has 2 heterocycles. The fourth-order valence-electron chi connectivity index (χ4n) is 4.58. The minimum absolute atomic E-state index is 0.0492. The number of halogens is 1. The first-order valence-electron chi connectivity index (χ1n) is 16.3. The van der Waals surface area contributed by atoms with Gasteiger partial charge in [0.15, 0.2) is 6.73 Å². The van der Waals surface area contributed by atoms with E-state index in [2.05, 4.69) is 30.8 Å². The lowest BCUT2D eigenvalue weighted by molar-refractivity contribution is -0.151. The number of alkyl carbamates (subject to hydrolysis) is 1. The molecule has 300 valence electrons. The molecule has 1 amide bonds. The van der Waals surface area contributed by atoms with Crippen LogP contribution in [0.3, 0.4) is 0 Å². The monoisotopic (exact) mass is 783 g/mol. The molecule has 0 spiro atoms. The Morgan fingerprint density at radius 3 is 2.08 bits per heavy atom. The van der Waals surface area contributed by atoms with Crippen LogP contribution in [0.25, 0.3) is 0 Å². The zero-order chi connectivity index (χ0) is 40.1. The van der Waals surface area contributed by atoms with Gasteiger partial charge in [-0.05, 0) is 47.0 Å². The SMILES string of the molecule is C=C(F)[C@@]1(COP(=O)(OCOC(=O)OCC)OCOC(=O)OCC)C[C@H](C)[C@H](n2ccc(=O)n(COC(=O)C(NC(=O)OC(C)(C)C)C(C)C)c2=O)O1. The number of carbonyl (C=O) groups excluding carboxylic acids is 4. The van der Waals surface area contributed by atoms with Gasteiger partial charge < -0.3 is 38.5 Å². The Hall–Kier alpha value is -4.30. The van der Waals surface area contributed by atoms with E-state index in [-0.39, 0.29) is 19.6 Å². The van der Waals surface area contributed by atoms with E-state index in [0.29, 0.717) is 4.57 Å². The molecule has 0 bridgehead atoms. The van der Waals surface area contributed by atoms with E-state index in [1.807, 2.05) is 0 Å². The lowest BCUT2D eigenvalue weighted by Crippen LogP contribution is -2.48. The quantitative estimate of drug-likeness (QED) is 0.0948. The first kappa shape index (κ1) is 44.9. The molecule has 0 saturated carbocycles. The highest BCUT2D eigenvalue weighted by Crippen LogP contribution is 2.53. The molecule has 1 saturated heterocycles. The molecule has 1 fully saturated rings. The van der Waals surface area contributed by atoms with Gasteiger partial charge in [0, 0.05) is 18.2 Å². The largest absolute Gasteiger partial charge is 0.510 e. The first-order chi connectivity index (χ1) is 24.7. The summed E-state index contributed by atoms with van der Waals surface area (Å²) in [6.07, 6.45) is -3.71. The Morgan fingerprint density at radius 1 is 1.02 bits per heavy atom. The number of phosphoric ester groups is 1. The van der Waals surface area contributed by atoms with Crippen LogP contribution in [0.2, 0.25) is 0 Å². The van der Waals surface area contributed by atoms with Crippen molar-refractivity contribution in [2.24, 2.45) is 11.8 Å². The van der Waals surface area contributed by atoms with Crippen LogP contribution in [0.4, 0.5) is 18.8 Å². The van der Waals surface area contributed by atoms with Crippen LogP contribution in [0.5, 0.6) is 0 Å². The first-order valence-corrected chi connectivity index (χ1v) is 17.8. The average Bonchev–Trinajstić information content (AvgIpc) is 3.39. The Morgan fingerprint density at radius 2 is 1.58 bits per heavy atom. The number of carbonyl (C=O) groups is 4. The maximum absolute atomic E-state index is 15.2. The summed E-state index contributed by atoms with van der Waals surface area (Å²) in [5, 5.41) is 2.41. The van der Waals surface area contributed by atoms with Crippen LogP contribution in [-0.4, -0.2) is 84.2 Å². The molecule has 20 nitrogen and oxygen atoms in total. The second-order valence-electron chi connectivity index (χ2n) is 12.7. The van der Waals surface area contributed by atoms with Crippen LogP contribution in [0, 0.1) is 11.8 Å². The van der Waals surface area contributed by atoms with Crippen molar-refractivity contribution in [2.45, 2.75) is 92.0 Å². The normalized spacial score (nSPS) is 19.2. The molecule has 1 aliphatic heterocycles. The number of hydrogen-bond donors (Lipinski definition) is 1. The van der Waals surface area contributed by atoms with E-state index < -0.39 is 112 Å². The van der Waals surface area contributed by atoms with Gasteiger partial charge in [0.05, 0.1) is 19.8 Å². The minimum atomic E-state index is -4.84. The zero-order valence-corrected chi connectivity index (χ0v) is 31.7. The number of phosphoric acid groups is 1. The molecule has 2 rings (SSSR count). The maximum Gasteiger partial charge on any atom is 0.510 e. The summed E-state index contributed by atoms with van der Waals surface area (Å²) in [5.41, 5.74) is -4.83. The van der Waals surface area contributed by atoms with Crippen molar-refractivity contribution in [1.29, 1.82) is 0 Å². The highest BCUT2D eigenvalue weighted by atomic mass is 31.2. The third-order valence-electron chi connectivity index (χ3n) is 7.03. The van der Waals surface area contributed by atoms with Gasteiger partial charge in [-0.25, -0.2) is 46.5 Å². The zero-order valence-electron chi connectivity index (χ0n) is 30.8. The van der Waals surface area contributed by atoms with Crippen LogP contribution in [0.15, 0.2) is 34.3 Å². The summed E-state index contributed by atoms with van der Waals surface area (Å²) in [6.45, 7) is 12.1. The number of amides is 1. The van der Waals surface area contributed by atoms with Crippen molar-refractivity contribution < 1.29 is 74.9 Å². The van der Waals surface area contributed by atoms with E-state index in [1.54, 1.807) is 41.5 Å². The summed E-state index contributed by atoms with van der Waals surface area (Å²) in [7, 11) is -4.84. The fourth-order valence-corrected chi connectivity index (χ4v) is 5.53. The summed E-state index contributed by atoms with van der Waals surface area (Å²) >= 11 is 0. The molecule has 22 heteroatoms. The maximum atomic E-state index is 15.2. The van der Waals surface area contributed by atoms with Crippen molar-refractivity contribution in [3.05, 3.63) is 45.5 Å². The van der Waals surface area contributed by atoms with Gasteiger partial charge in [0.25, 0.3) is 5.56 Å². The molecular weight excluding hydrogens is 736 g/mol. The molecule has 1 unspecified atom stereocenters. The number of rotatable bonds is 18. The molecule has 1 aliphatic rings. The van der Waals surface area contributed by atoms with E-state index >= 15 is 4.39 Å². The van der Waals surface area contributed by atoms with Gasteiger partial charge >= 0.3 is 37.9 Å². The van der Waals surface area contributed by atoms with E-state index in [4.69, 9.17) is 27.8 Å². The number of aromatic nitrogens is 2. The molecule has 1 aromatic heterocycles. The number of hydrogen-bond acceptors (Lipinski definition) is 17. The minimum Gasteiger partial charge on any atom is -0.444 e. The smallest absolute Gasteiger partial charge is 0.444 e. The predicted molar refractivity (Wildman–Crippen MR) is 178 cm³/mol. The molecule has 0 radical (unpaired) electrons. The van der Waals surface area contributed by atoms with Crippen molar-refractivity contribution in [3.63, 3.8) is 0 Å². The van der Waals surface area contributed by atoms with Gasteiger partial charge in [-0.3, -0.25) is 13.9 Å². The van der Waals surface area contributed by atoms with Gasteiger partial charge in [-0.2, -0.15) is 0 Å². The molecule has 0 aliphatic carbocycles. The van der Waals surface area contributed by atoms with Gasteiger partial charge in [-0.1, -0.05) is 27.4 Å². The molecule has 1 N–H and O–H groups in total. The average molecular weight is 784 g/mol. The third-order valence-corrected chi connectivity index (χ3v) is 8.32. The van der Waals surface area contributed by atoms with Crippen molar-refractivity contribution in [1.82, 2.24) is 14.5 Å². The Balaban J connectivity index is 2.28. The topological polar surface area (TPSA) is 234 Å². The van der Waals surface area contributed by atoms with Crippen LogP contribution >= 0.6 is 7.82 Å². The lowest BCUT2D eigenvalue weighted by atomic mass is 9.94. The third kappa shape index (κ3) is 13.6. The van der Waals surface area contributed by atoms with Crippen molar-refractivity contribution in [3.8, 4) is 0 Å². The Bertz CT molecular complexity index is 1600. The van der Waals surface area contributed by atoms with Crippen LogP contribution < -0.4 is 16.6 Å². The Labute approximate surface area is 304 Å². The standard InChI is InChI=1S/C31H47FN3O17P/c1-10-43-28(40)46-17-49-53(42,50-18-47-29(41)44-11-2)48-15-31(21(6)32)14-20(5)24(51-31)34-13-12-22(36)35(27(34)39)16-45-25(37)23(19(3)4)33-26(38)52-30(7,8)9/h12-13,19-20,23-24H,6,10-11,14-18H2,1-5,7-9H3,(H,33,38)/t20-,23?,24+,31-/m0/s1. The lowest BCUT2D eigenvalue weighted by Gasteiger charge is -2.29. The van der Waals surface area contributed by atoms with E-state index in [0.717, 1.165) is 16.8 Å². The van der Waals surface area contributed by atoms with E-state index in [9.17, 15) is 33.3 Å². The van der Waals surface area contributed by atoms with E-state index in [1.165, 1.54) is 13.8 Å². The van der Waals surface area contributed by atoms with Crippen molar-refractivity contribution >= 4 is 32.2 Å². The summed E-state index contributed by atoms with van der Waals surface area (Å²) < 4.78 is 80.1. The second-order valence-corrected chi connectivity index (χ2v) is 14.4. The summed E-state index contributed by atoms with van der Waals surface area (Å²) in [6, 6.07) is -0.216. The highest BCUT2D eigenvalue weighted by molar-refractivity contribution is 7.48. The van der Waals surface area contributed by atoms with Crippen molar-refractivity contribution in [2.75, 3.05) is 33.4 Å².